The first-order chi connectivity index (χ1) is 11.5. The average Bonchev–Trinajstić information content (AvgIpc) is 2.52. The Labute approximate surface area is 148 Å². The predicted molar refractivity (Wildman–Crippen MR) is 94.3 cm³/mol. The van der Waals surface area contributed by atoms with Gasteiger partial charge in [-0.2, -0.15) is 0 Å². The van der Waals surface area contributed by atoms with Crippen LogP contribution in [0, 0.1) is 0 Å². The predicted octanol–water partition coefficient (Wildman–Crippen LogP) is 3.78. The zero-order chi connectivity index (χ0) is 17.7. The Balaban J connectivity index is 2.27. The van der Waals surface area contributed by atoms with Crippen molar-refractivity contribution in [2.75, 3.05) is 26.3 Å². The highest BCUT2D eigenvalue weighted by atomic mass is 35.5. The van der Waals surface area contributed by atoms with E-state index in [9.17, 15) is 4.79 Å². The lowest BCUT2D eigenvalue weighted by atomic mass is 10.1. The molecule has 134 valence electrons. The molecule has 0 bridgehead atoms. The Morgan fingerprint density at radius 3 is 2.50 bits per heavy atom. The Morgan fingerprint density at radius 2 is 1.92 bits per heavy atom. The van der Waals surface area contributed by atoms with Crippen LogP contribution in [0.15, 0.2) is 12.1 Å². The molecule has 2 rings (SSSR count). The highest BCUT2D eigenvalue weighted by Gasteiger charge is 2.27. The maximum absolute atomic E-state index is 12.8. The van der Waals surface area contributed by atoms with Gasteiger partial charge in [0.2, 0.25) is 0 Å². The van der Waals surface area contributed by atoms with Crippen molar-refractivity contribution in [2.45, 2.75) is 46.3 Å². The fourth-order valence-electron chi connectivity index (χ4n) is 2.82. The molecule has 0 saturated carbocycles. The smallest absolute Gasteiger partial charge is 0.254 e. The SMILES string of the molecule is CCCOc1c(Cl)cc(C(=O)N2CC(C)OC(C)C2)cc1OCC. The van der Waals surface area contributed by atoms with Crippen LogP contribution >= 0.6 is 11.6 Å². The van der Waals surface area contributed by atoms with Crippen LogP contribution in [0.2, 0.25) is 5.02 Å². The minimum Gasteiger partial charge on any atom is -0.490 e. The summed E-state index contributed by atoms with van der Waals surface area (Å²) in [5.74, 6) is 0.943. The molecule has 1 aliphatic heterocycles. The first kappa shape index (κ1) is 18.9. The van der Waals surface area contributed by atoms with Gasteiger partial charge in [0.1, 0.15) is 0 Å². The van der Waals surface area contributed by atoms with Gasteiger partial charge >= 0.3 is 0 Å². The van der Waals surface area contributed by atoms with E-state index in [1.54, 1.807) is 17.0 Å². The van der Waals surface area contributed by atoms with E-state index in [4.69, 9.17) is 25.8 Å². The fourth-order valence-corrected chi connectivity index (χ4v) is 3.09. The number of nitrogens with zero attached hydrogens (tertiary/aromatic N) is 1. The number of morpholine rings is 1. The Morgan fingerprint density at radius 1 is 1.25 bits per heavy atom. The van der Waals surface area contributed by atoms with Crippen molar-refractivity contribution in [3.63, 3.8) is 0 Å². The summed E-state index contributed by atoms with van der Waals surface area (Å²) in [5, 5.41) is 0.395. The van der Waals surface area contributed by atoms with Gasteiger partial charge in [0.05, 0.1) is 30.4 Å². The van der Waals surface area contributed by atoms with Gasteiger partial charge in [-0.05, 0) is 39.3 Å². The van der Waals surface area contributed by atoms with Gasteiger partial charge < -0.3 is 19.1 Å². The van der Waals surface area contributed by atoms with E-state index in [1.165, 1.54) is 0 Å². The average molecular weight is 356 g/mol. The van der Waals surface area contributed by atoms with Crippen LogP contribution in [-0.2, 0) is 4.74 Å². The van der Waals surface area contributed by atoms with Gasteiger partial charge in [-0.15, -0.1) is 0 Å². The van der Waals surface area contributed by atoms with Crippen molar-refractivity contribution in [1.82, 2.24) is 4.90 Å². The Hall–Kier alpha value is -1.46. The molecule has 1 heterocycles. The van der Waals surface area contributed by atoms with Gasteiger partial charge in [-0.3, -0.25) is 4.79 Å². The van der Waals surface area contributed by atoms with Gasteiger partial charge in [-0.1, -0.05) is 18.5 Å². The molecule has 1 aliphatic rings. The number of amides is 1. The van der Waals surface area contributed by atoms with Crippen LogP contribution in [0.4, 0.5) is 0 Å². The summed E-state index contributed by atoms with van der Waals surface area (Å²) < 4.78 is 17.0. The lowest BCUT2D eigenvalue weighted by Crippen LogP contribution is -2.48. The van der Waals surface area contributed by atoms with Gasteiger partial charge in [0.15, 0.2) is 11.5 Å². The lowest BCUT2D eigenvalue weighted by Gasteiger charge is -2.35. The summed E-state index contributed by atoms with van der Waals surface area (Å²) >= 11 is 6.35. The molecule has 1 aromatic rings. The second-order valence-corrected chi connectivity index (χ2v) is 6.44. The quantitative estimate of drug-likeness (QED) is 0.779. The van der Waals surface area contributed by atoms with E-state index in [0.29, 0.717) is 48.4 Å². The maximum Gasteiger partial charge on any atom is 0.254 e. The van der Waals surface area contributed by atoms with E-state index in [-0.39, 0.29) is 18.1 Å². The third-order valence-electron chi connectivity index (χ3n) is 3.71. The van der Waals surface area contributed by atoms with Gasteiger partial charge in [-0.25, -0.2) is 0 Å². The van der Waals surface area contributed by atoms with Crippen LogP contribution in [0.25, 0.3) is 0 Å². The van der Waals surface area contributed by atoms with Crippen molar-refractivity contribution in [1.29, 1.82) is 0 Å². The molecule has 2 atom stereocenters. The topological polar surface area (TPSA) is 48.0 Å². The summed E-state index contributed by atoms with van der Waals surface area (Å²) in [6.45, 7) is 10.0. The maximum atomic E-state index is 12.8. The molecule has 2 unspecified atom stereocenters. The summed E-state index contributed by atoms with van der Waals surface area (Å²) in [6, 6.07) is 3.37. The Kier molecular flexibility index (Phi) is 6.75. The van der Waals surface area contributed by atoms with Crippen LogP contribution in [0.3, 0.4) is 0 Å². The molecule has 1 amide bonds. The van der Waals surface area contributed by atoms with Crippen molar-refractivity contribution in [3.05, 3.63) is 22.7 Å². The van der Waals surface area contributed by atoms with E-state index >= 15 is 0 Å². The van der Waals surface area contributed by atoms with E-state index in [2.05, 4.69) is 0 Å². The molecule has 0 spiro atoms. The molecule has 0 N–H and O–H groups in total. The zero-order valence-electron chi connectivity index (χ0n) is 14.8. The number of carbonyl (C=O) groups excluding carboxylic acids is 1. The molecule has 5 nitrogen and oxygen atoms in total. The molecule has 1 saturated heterocycles. The second kappa shape index (κ2) is 8.58. The highest BCUT2D eigenvalue weighted by molar-refractivity contribution is 6.32. The summed E-state index contributed by atoms with van der Waals surface area (Å²) in [6.07, 6.45) is 0.907. The highest BCUT2D eigenvalue weighted by Crippen LogP contribution is 2.37. The fraction of sp³-hybridized carbons (Fsp3) is 0.611. The Bertz CT molecular complexity index is 568. The first-order valence-corrected chi connectivity index (χ1v) is 8.87. The molecule has 1 fully saturated rings. The zero-order valence-corrected chi connectivity index (χ0v) is 15.6. The van der Waals surface area contributed by atoms with Crippen LogP contribution in [0.5, 0.6) is 11.5 Å². The third-order valence-corrected chi connectivity index (χ3v) is 3.99. The molecule has 0 aliphatic carbocycles. The molecular formula is C18H26ClNO4. The number of benzene rings is 1. The molecular weight excluding hydrogens is 330 g/mol. The van der Waals surface area contributed by atoms with Crippen LogP contribution in [-0.4, -0.2) is 49.3 Å². The first-order valence-electron chi connectivity index (χ1n) is 8.50. The summed E-state index contributed by atoms with van der Waals surface area (Å²) in [5.41, 5.74) is 0.508. The van der Waals surface area contributed by atoms with E-state index in [0.717, 1.165) is 6.42 Å². The molecule has 0 radical (unpaired) electrons. The van der Waals surface area contributed by atoms with E-state index in [1.807, 2.05) is 27.7 Å². The van der Waals surface area contributed by atoms with Crippen LogP contribution < -0.4 is 9.47 Å². The number of hydrogen-bond acceptors (Lipinski definition) is 4. The summed E-state index contributed by atoms with van der Waals surface area (Å²) in [4.78, 5) is 14.6. The normalized spacial score (nSPS) is 20.8. The van der Waals surface area contributed by atoms with Crippen LogP contribution in [0.1, 0.15) is 44.5 Å². The van der Waals surface area contributed by atoms with Gasteiger partial charge in [0, 0.05) is 18.7 Å². The second-order valence-electron chi connectivity index (χ2n) is 6.03. The van der Waals surface area contributed by atoms with E-state index < -0.39 is 0 Å². The number of rotatable bonds is 6. The van der Waals surface area contributed by atoms with Crippen molar-refractivity contribution in [3.8, 4) is 11.5 Å². The molecule has 6 heteroatoms. The largest absolute Gasteiger partial charge is 0.490 e. The molecule has 24 heavy (non-hydrogen) atoms. The van der Waals surface area contributed by atoms with Gasteiger partial charge in [0.25, 0.3) is 5.91 Å². The summed E-state index contributed by atoms with van der Waals surface area (Å²) in [7, 11) is 0. The lowest BCUT2D eigenvalue weighted by molar-refractivity contribution is -0.0586. The minimum atomic E-state index is -0.0677. The van der Waals surface area contributed by atoms with Crippen molar-refractivity contribution < 1.29 is 19.0 Å². The third kappa shape index (κ3) is 4.54. The molecule has 1 aromatic carbocycles. The van der Waals surface area contributed by atoms with Crippen molar-refractivity contribution in [2.24, 2.45) is 0 Å². The standard InChI is InChI=1S/C18H26ClNO4/c1-5-7-23-17-15(19)8-14(9-16(17)22-6-2)18(21)20-10-12(3)24-13(4)11-20/h8-9,12-13H,5-7,10-11H2,1-4H3. The number of halogens is 1. The monoisotopic (exact) mass is 355 g/mol. The number of ether oxygens (including phenoxy) is 3. The minimum absolute atomic E-state index is 0.0201. The number of hydrogen-bond donors (Lipinski definition) is 0. The van der Waals surface area contributed by atoms with Crippen molar-refractivity contribution >= 4 is 17.5 Å². The molecule has 0 aromatic heterocycles. The number of carbonyl (C=O) groups is 1.